The van der Waals surface area contributed by atoms with Crippen molar-refractivity contribution in [3.63, 3.8) is 0 Å². The Hall–Kier alpha value is -8.38. The monoisotopic (exact) mass is 742 g/mol. The van der Waals surface area contributed by atoms with Gasteiger partial charge in [-0.05, 0) is 96.8 Å². The van der Waals surface area contributed by atoms with E-state index in [1.54, 1.807) is 12.1 Å². The van der Waals surface area contributed by atoms with Crippen molar-refractivity contribution in [2.24, 2.45) is 0 Å². The average molecular weight is 743 g/mol. The fraction of sp³-hybridized carbons (Fsp3) is 0.0400. The van der Waals surface area contributed by atoms with Crippen molar-refractivity contribution in [1.82, 2.24) is 24.1 Å². The number of nitriles is 3. The molecule has 0 radical (unpaired) electrons. The molecule has 8 nitrogen and oxygen atoms in total. The molecule has 0 aliphatic rings. The van der Waals surface area contributed by atoms with Gasteiger partial charge < -0.3 is 9.13 Å². The number of hydrogen-bond donors (Lipinski definition) is 0. The van der Waals surface area contributed by atoms with Crippen LogP contribution in [0, 0.1) is 47.8 Å². The van der Waals surface area contributed by atoms with Crippen LogP contribution in [0.4, 0.5) is 0 Å². The number of nitrogens with zero attached hydrogens (tertiary/aromatic N) is 8. The Morgan fingerprint density at radius 2 is 0.897 bits per heavy atom. The zero-order valence-corrected chi connectivity index (χ0v) is 31.4. The lowest BCUT2D eigenvalue weighted by Gasteiger charge is -2.18. The molecule has 0 N–H and O–H groups in total. The SMILES string of the molecule is Cc1nc(C)nc(-c2cc(-n3c4ccccc4c4ccc(-c5cccc(C#N)c5)cc43)c(C#N)cc2-n2c3ccccc3c3ccc(-c4cccc(C#N)c4)cc32)n1. The molecule has 270 valence electrons. The summed E-state index contributed by atoms with van der Waals surface area (Å²) in [6.45, 7) is 3.72. The molecule has 0 spiro atoms. The van der Waals surface area contributed by atoms with E-state index in [2.05, 4.69) is 93.0 Å². The largest absolute Gasteiger partial charge is 0.308 e. The van der Waals surface area contributed by atoms with Crippen LogP contribution in [0.15, 0.2) is 146 Å². The van der Waals surface area contributed by atoms with E-state index in [-0.39, 0.29) is 0 Å². The van der Waals surface area contributed by atoms with Crippen molar-refractivity contribution in [2.45, 2.75) is 13.8 Å². The maximum absolute atomic E-state index is 11.1. The summed E-state index contributed by atoms with van der Waals surface area (Å²) < 4.78 is 4.35. The van der Waals surface area contributed by atoms with Gasteiger partial charge in [0.25, 0.3) is 0 Å². The fourth-order valence-electron chi connectivity index (χ4n) is 8.31. The van der Waals surface area contributed by atoms with Gasteiger partial charge in [-0.25, -0.2) is 15.0 Å². The van der Waals surface area contributed by atoms with Crippen molar-refractivity contribution in [3.05, 3.63) is 174 Å². The van der Waals surface area contributed by atoms with Crippen LogP contribution in [0.5, 0.6) is 0 Å². The summed E-state index contributed by atoms with van der Waals surface area (Å²) >= 11 is 0. The number of fused-ring (bicyclic) bond motifs is 6. The quantitative estimate of drug-likeness (QED) is 0.173. The molecule has 3 aromatic heterocycles. The highest BCUT2D eigenvalue weighted by Gasteiger charge is 2.23. The molecule has 0 saturated carbocycles. The van der Waals surface area contributed by atoms with E-state index in [9.17, 15) is 15.8 Å². The van der Waals surface area contributed by atoms with E-state index in [0.717, 1.165) is 77.1 Å². The molecule has 0 saturated heterocycles. The summed E-state index contributed by atoms with van der Waals surface area (Å²) in [5.41, 5.74) is 11.3. The van der Waals surface area contributed by atoms with Crippen LogP contribution in [0.3, 0.4) is 0 Å². The van der Waals surface area contributed by atoms with Crippen molar-refractivity contribution in [1.29, 1.82) is 15.8 Å². The van der Waals surface area contributed by atoms with Crippen molar-refractivity contribution in [2.75, 3.05) is 0 Å². The van der Waals surface area contributed by atoms with Gasteiger partial charge in [0.2, 0.25) is 0 Å². The Kier molecular flexibility index (Phi) is 7.90. The average Bonchev–Trinajstić information content (AvgIpc) is 3.77. The van der Waals surface area contributed by atoms with Crippen LogP contribution in [0.25, 0.3) is 88.6 Å². The van der Waals surface area contributed by atoms with Crippen LogP contribution in [0.1, 0.15) is 28.3 Å². The van der Waals surface area contributed by atoms with Gasteiger partial charge in [0.05, 0.1) is 62.3 Å². The van der Waals surface area contributed by atoms with Gasteiger partial charge in [-0.15, -0.1) is 0 Å². The molecule has 0 atom stereocenters. The van der Waals surface area contributed by atoms with Crippen molar-refractivity contribution in [3.8, 4) is 63.2 Å². The fourth-order valence-corrected chi connectivity index (χ4v) is 8.31. The molecule has 7 aromatic carbocycles. The van der Waals surface area contributed by atoms with E-state index >= 15 is 0 Å². The summed E-state index contributed by atoms with van der Waals surface area (Å²) in [5.74, 6) is 1.66. The molecule has 10 rings (SSSR count). The van der Waals surface area contributed by atoms with E-state index in [1.807, 2.05) is 86.6 Å². The van der Waals surface area contributed by atoms with Gasteiger partial charge in [-0.2, -0.15) is 15.8 Å². The lowest BCUT2D eigenvalue weighted by molar-refractivity contribution is 0.926. The Balaban J connectivity index is 1.31. The van der Waals surface area contributed by atoms with E-state index in [0.29, 0.717) is 39.9 Å². The molecule has 8 heteroatoms. The Morgan fingerprint density at radius 1 is 0.414 bits per heavy atom. The first-order valence-electron chi connectivity index (χ1n) is 18.8. The van der Waals surface area contributed by atoms with Crippen LogP contribution < -0.4 is 0 Å². The predicted octanol–water partition coefficient (Wildman–Crippen LogP) is 11.3. The molecule has 0 bridgehead atoms. The molecular weight excluding hydrogens is 713 g/mol. The minimum Gasteiger partial charge on any atom is -0.308 e. The third-order valence-corrected chi connectivity index (χ3v) is 10.8. The topological polar surface area (TPSA) is 120 Å². The second-order valence-corrected chi connectivity index (χ2v) is 14.3. The predicted molar refractivity (Wildman–Crippen MR) is 228 cm³/mol. The molecule has 10 aromatic rings. The standard InChI is InChI=1S/C50H30N8/c1-30-54-31(2)56-50(55-30)43-26-46(57-44-15-5-3-13-39(44)41-19-17-36(23-47(41)57)34-11-7-9-32(21-34)27-51)38(29-53)25-49(43)58-45-16-6-4-14-40(45)42-20-18-37(24-48(42)58)35-12-8-10-33(22-35)28-52/h3-26H,1-2H3. The lowest BCUT2D eigenvalue weighted by atomic mass is 10.0. The number of aryl methyl sites for hydroxylation is 2. The smallest absolute Gasteiger partial charge is 0.165 e. The Labute approximate surface area is 333 Å². The van der Waals surface area contributed by atoms with E-state index < -0.39 is 0 Å². The van der Waals surface area contributed by atoms with Crippen LogP contribution in [-0.2, 0) is 0 Å². The Bertz CT molecular complexity index is 3450. The molecule has 3 heterocycles. The highest BCUT2D eigenvalue weighted by molar-refractivity contribution is 6.12. The van der Waals surface area contributed by atoms with Crippen LogP contribution >= 0.6 is 0 Å². The first kappa shape index (κ1) is 34.1. The normalized spacial score (nSPS) is 11.2. The van der Waals surface area contributed by atoms with E-state index in [4.69, 9.17) is 9.97 Å². The van der Waals surface area contributed by atoms with Gasteiger partial charge in [0, 0.05) is 27.1 Å². The second-order valence-electron chi connectivity index (χ2n) is 14.3. The highest BCUT2D eigenvalue weighted by Crippen LogP contribution is 2.41. The summed E-state index contributed by atoms with van der Waals surface area (Å²) in [7, 11) is 0. The van der Waals surface area contributed by atoms with Crippen molar-refractivity contribution < 1.29 is 0 Å². The third-order valence-electron chi connectivity index (χ3n) is 10.8. The zero-order valence-electron chi connectivity index (χ0n) is 31.4. The minimum atomic E-state index is 0.463. The zero-order chi connectivity index (χ0) is 39.5. The van der Waals surface area contributed by atoms with Gasteiger partial charge in [0.15, 0.2) is 5.82 Å². The Morgan fingerprint density at radius 3 is 1.41 bits per heavy atom. The first-order valence-corrected chi connectivity index (χ1v) is 18.8. The van der Waals surface area contributed by atoms with Gasteiger partial charge in [0.1, 0.15) is 17.7 Å². The molecule has 0 unspecified atom stereocenters. The van der Waals surface area contributed by atoms with Gasteiger partial charge in [-0.1, -0.05) is 84.9 Å². The summed E-state index contributed by atoms with van der Waals surface area (Å²) in [5, 5.41) is 34.6. The number of para-hydroxylation sites is 2. The summed E-state index contributed by atoms with van der Waals surface area (Å²) in [4.78, 5) is 14.3. The van der Waals surface area contributed by atoms with Gasteiger partial charge in [-0.3, -0.25) is 0 Å². The number of rotatable bonds is 5. The summed E-state index contributed by atoms with van der Waals surface area (Å²) in [6.07, 6.45) is 0. The van der Waals surface area contributed by atoms with Gasteiger partial charge >= 0.3 is 0 Å². The number of aromatic nitrogens is 5. The second kappa shape index (κ2) is 13.4. The highest BCUT2D eigenvalue weighted by atomic mass is 15.1. The van der Waals surface area contributed by atoms with Crippen LogP contribution in [0.2, 0.25) is 0 Å². The number of benzene rings is 7. The molecule has 0 aliphatic carbocycles. The third kappa shape index (κ3) is 5.46. The van der Waals surface area contributed by atoms with Crippen LogP contribution in [-0.4, -0.2) is 24.1 Å². The molecule has 0 aliphatic heterocycles. The minimum absolute atomic E-state index is 0.463. The number of hydrogen-bond acceptors (Lipinski definition) is 6. The van der Waals surface area contributed by atoms with E-state index in [1.165, 1.54) is 0 Å². The molecule has 58 heavy (non-hydrogen) atoms. The first-order chi connectivity index (χ1) is 28.4. The summed E-state index contributed by atoms with van der Waals surface area (Å²) in [6, 6.07) is 55.5. The maximum Gasteiger partial charge on any atom is 0.165 e. The maximum atomic E-state index is 11.1. The lowest BCUT2D eigenvalue weighted by Crippen LogP contribution is -2.07. The van der Waals surface area contributed by atoms with Crippen molar-refractivity contribution >= 4 is 43.6 Å². The molecular formula is C50H30N8. The molecule has 0 amide bonds. The molecule has 0 fully saturated rings.